The van der Waals surface area contributed by atoms with Gasteiger partial charge in [-0.1, -0.05) is 31.4 Å². The van der Waals surface area contributed by atoms with Gasteiger partial charge in [-0.2, -0.15) is 0 Å². The highest BCUT2D eigenvalue weighted by Gasteiger charge is 2.26. The quantitative estimate of drug-likeness (QED) is 0.854. The normalized spacial score (nSPS) is 19.6. The summed E-state index contributed by atoms with van der Waals surface area (Å²) in [5.74, 6) is 0. The van der Waals surface area contributed by atoms with E-state index in [0.717, 1.165) is 37.3 Å². The lowest BCUT2D eigenvalue weighted by Crippen LogP contribution is -2.50. The molecule has 2 amide bonds. The van der Waals surface area contributed by atoms with Gasteiger partial charge in [-0.3, -0.25) is 4.90 Å². The second kappa shape index (κ2) is 5.73. The van der Waals surface area contributed by atoms with E-state index in [1.807, 2.05) is 23.1 Å². The summed E-state index contributed by atoms with van der Waals surface area (Å²) in [4.78, 5) is 16.6. The number of nitrogens with one attached hydrogen (secondary N) is 1. The van der Waals surface area contributed by atoms with Crippen LogP contribution in [0.5, 0.6) is 0 Å². The largest absolute Gasteiger partial charge is 0.371 e. The summed E-state index contributed by atoms with van der Waals surface area (Å²) < 4.78 is 0. The van der Waals surface area contributed by atoms with Gasteiger partial charge in [-0.25, -0.2) is 4.79 Å². The fourth-order valence-corrected chi connectivity index (χ4v) is 3.22. The molecule has 1 aliphatic carbocycles. The number of carbonyl (C=O) groups excluding carboxylic acids is 1. The lowest BCUT2D eigenvalue weighted by molar-refractivity contribution is 0.238. The van der Waals surface area contributed by atoms with Gasteiger partial charge < -0.3 is 10.2 Å². The molecule has 0 bridgehead atoms. The number of amides is 2. The summed E-state index contributed by atoms with van der Waals surface area (Å²) in [6.45, 7) is 1.64. The molecule has 1 N–H and O–H groups in total. The second-order valence-electron chi connectivity index (χ2n) is 5.85. The van der Waals surface area contributed by atoms with Gasteiger partial charge in [0.1, 0.15) is 0 Å². The predicted molar refractivity (Wildman–Crippen MR) is 82.5 cm³/mol. The Labute approximate surface area is 120 Å². The van der Waals surface area contributed by atoms with Gasteiger partial charge in [0, 0.05) is 26.2 Å². The van der Waals surface area contributed by atoms with Crippen LogP contribution in [0, 0.1) is 0 Å². The third-order valence-corrected chi connectivity index (χ3v) is 4.42. The van der Waals surface area contributed by atoms with Crippen LogP contribution < -0.4 is 15.1 Å². The van der Waals surface area contributed by atoms with Crippen LogP contribution in [-0.4, -0.2) is 32.2 Å². The van der Waals surface area contributed by atoms with Crippen molar-refractivity contribution >= 4 is 17.4 Å². The van der Waals surface area contributed by atoms with Gasteiger partial charge in [-0.05, 0) is 25.0 Å². The number of hydrogen-bond donors (Lipinski definition) is 1. The van der Waals surface area contributed by atoms with Crippen molar-refractivity contribution in [2.24, 2.45) is 0 Å². The molecule has 1 heterocycles. The minimum Gasteiger partial charge on any atom is -0.371 e. The summed E-state index contributed by atoms with van der Waals surface area (Å²) >= 11 is 0. The number of urea groups is 1. The highest BCUT2D eigenvalue weighted by Crippen LogP contribution is 2.31. The first-order valence-electron chi connectivity index (χ1n) is 7.64. The molecule has 3 rings (SSSR count). The van der Waals surface area contributed by atoms with E-state index in [1.165, 1.54) is 19.3 Å². The molecule has 1 aliphatic heterocycles. The van der Waals surface area contributed by atoms with Crippen molar-refractivity contribution in [1.82, 2.24) is 5.32 Å². The van der Waals surface area contributed by atoms with Gasteiger partial charge in [0.25, 0.3) is 0 Å². The third kappa shape index (κ3) is 2.60. The Morgan fingerprint density at radius 3 is 2.55 bits per heavy atom. The first-order valence-corrected chi connectivity index (χ1v) is 7.64. The Morgan fingerprint density at radius 2 is 1.80 bits per heavy atom. The predicted octanol–water partition coefficient (Wildman–Crippen LogP) is 2.99. The van der Waals surface area contributed by atoms with Crippen molar-refractivity contribution in [3.05, 3.63) is 24.3 Å². The molecule has 0 aromatic heterocycles. The fraction of sp³-hybridized carbons (Fsp3) is 0.562. The molecule has 4 heteroatoms. The summed E-state index contributed by atoms with van der Waals surface area (Å²) in [5.41, 5.74) is 2.16. The van der Waals surface area contributed by atoms with E-state index in [9.17, 15) is 4.79 Å². The highest BCUT2D eigenvalue weighted by atomic mass is 16.2. The van der Waals surface area contributed by atoms with Crippen molar-refractivity contribution in [2.45, 2.75) is 38.1 Å². The SMILES string of the molecule is CN1CCN(C(=O)NC2CCCCC2)c2ccccc21. The topological polar surface area (TPSA) is 35.6 Å². The van der Waals surface area contributed by atoms with Crippen LogP contribution in [0.15, 0.2) is 24.3 Å². The zero-order valence-electron chi connectivity index (χ0n) is 12.1. The van der Waals surface area contributed by atoms with Gasteiger partial charge in [0.05, 0.1) is 11.4 Å². The van der Waals surface area contributed by atoms with Crippen LogP contribution in [0.4, 0.5) is 16.2 Å². The van der Waals surface area contributed by atoms with Gasteiger partial charge in [0.15, 0.2) is 0 Å². The number of nitrogens with zero attached hydrogens (tertiary/aromatic N) is 2. The van der Waals surface area contributed by atoms with E-state index in [2.05, 4.69) is 23.3 Å². The minimum absolute atomic E-state index is 0.0671. The summed E-state index contributed by atoms with van der Waals surface area (Å²) in [7, 11) is 2.08. The molecular weight excluding hydrogens is 250 g/mol. The van der Waals surface area contributed by atoms with Crippen LogP contribution in [0.2, 0.25) is 0 Å². The molecule has 2 aliphatic rings. The molecule has 4 nitrogen and oxygen atoms in total. The van der Waals surface area contributed by atoms with Crippen molar-refractivity contribution in [3.63, 3.8) is 0 Å². The van der Waals surface area contributed by atoms with E-state index < -0.39 is 0 Å². The van der Waals surface area contributed by atoms with Crippen LogP contribution in [-0.2, 0) is 0 Å². The van der Waals surface area contributed by atoms with Gasteiger partial charge in [-0.15, -0.1) is 0 Å². The number of anilines is 2. The number of benzene rings is 1. The monoisotopic (exact) mass is 273 g/mol. The average Bonchev–Trinajstić information content (AvgIpc) is 2.49. The molecule has 0 radical (unpaired) electrons. The number of carbonyl (C=O) groups is 1. The zero-order chi connectivity index (χ0) is 13.9. The third-order valence-electron chi connectivity index (χ3n) is 4.42. The molecule has 108 valence electrons. The molecule has 0 atom stereocenters. The summed E-state index contributed by atoms with van der Waals surface area (Å²) in [6, 6.07) is 8.57. The molecule has 20 heavy (non-hydrogen) atoms. The molecule has 0 spiro atoms. The maximum absolute atomic E-state index is 12.5. The van der Waals surface area contributed by atoms with Gasteiger partial charge >= 0.3 is 6.03 Å². The molecule has 0 unspecified atom stereocenters. The van der Waals surface area contributed by atoms with Crippen LogP contribution in [0.3, 0.4) is 0 Å². The Bertz CT molecular complexity index is 482. The van der Waals surface area contributed by atoms with E-state index in [0.29, 0.717) is 6.04 Å². The summed E-state index contributed by atoms with van der Waals surface area (Å²) in [5, 5.41) is 3.21. The van der Waals surface area contributed by atoms with Gasteiger partial charge in [0.2, 0.25) is 0 Å². The smallest absolute Gasteiger partial charge is 0.322 e. The minimum atomic E-state index is 0.0671. The van der Waals surface area contributed by atoms with Crippen molar-refractivity contribution in [3.8, 4) is 0 Å². The van der Waals surface area contributed by atoms with E-state index in [1.54, 1.807) is 0 Å². The average molecular weight is 273 g/mol. The lowest BCUT2D eigenvalue weighted by Gasteiger charge is -2.36. The van der Waals surface area contributed by atoms with Crippen molar-refractivity contribution in [1.29, 1.82) is 0 Å². The molecular formula is C16H23N3O. The summed E-state index contributed by atoms with van der Waals surface area (Å²) in [6.07, 6.45) is 6.04. The molecule has 1 saturated carbocycles. The maximum atomic E-state index is 12.5. The standard InChI is InChI=1S/C16H23N3O/c1-18-11-12-19(15-10-6-5-9-14(15)18)16(20)17-13-7-3-2-4-8-13/h5-6,9-10,13H,2-4,7-8,11-12H2,1H3,(H,17,20). The van der Waals surface area contributed by atoms with Crippen LogP contribution >= 0.6 is 0 Å². The van der Waals surface area contributed by atoms with Crippen LogP contribution in [0.25, 0.3) is 0 Å². The number of rotatable bonds is 1. The lowest BCUT2D eigenvalue weighted by atomic mass is 9.96. The Kier molecular flexibility index (Phi) is 3.81. The van der Waals surface area contributed by atoms with E-state index >= 15 is 0 Å². The number of para-hydroxylation sites is 2. The van der Waals surface area contributed by atoms with Crippen LogP contribution in [0.1, 0.15) is 32.1 Å². The molecule has 0 saturated heterocycles. The first kappa shape index (κ1) is 13.3. The Hall–Kier alpha value is -1.71. The van der Waals surface area contributed by atoms with E-state index in [4.69, 9.17) is 0 Å². The number of hydrogen-bond acceptors (Lipinski definition) is 2. The first-order chi connectivity index (χ1) is 9.75. The van der Waals surface area contributed by atoms with Crippen molar-refractivity contribution < 1.29 is 4.79 Å². The zero-order valence-corrected chi connectivity index (χ0v) is 12.1. The van der Waals surface area contributed by atoms with Crippen molar-refractivity contribution in [2.75, 3.05) is 29.9 Å². The highest BCUT2D eigenvalue weighted by molar-refractivity contribution is 5.96. The van der Waals surface area contributed by atoms with E-state index in [-0.39, 0.29) is 6.03 Å². The second-order valence-corrected chi connectivity index (χ2v) is 5.85. The Morgan fingerprint density at radius 1 is 1.10 bits per heavy atom. The number of fused-ring (bicyclic) bond motifs is 1. The maximum Gasteiger partial charge on any atom is 0.322 e. The Balaban J connectivity index is 1.73. The molecule has 1 aromatic rings. The molecule has 1 aromatic carbocycles. The fourth-order valence-electron chi connectivity index (χ4n) is 3.22. The molecule has 1 fully saturated rings. The number of likely N-dealkylation sites (N-methyl/N-ethyl adjacent to an activating group) is 1.